The molecule has 3 heterocycles. The molecule has 13 heteroatoms. The number of aryl methyl sites for hydroxylation is 1. The van der Waals surface area contributed by atoms with Crippen LogP contribution in [0, 0.1) is 5.41 Å². The van der Waals surface area contributed by atoms with E-state index in [1.165, 1.54) is 12.1 Å². The van der Waals surface area contributed by atoms with Crippen molar-refractivity contribution in [3.8, 4) is 0 Å². The fourth-order valence-electron chi connectivity index (χ4n) is 7.45. The van der Waals surface area contributed by atoms with E-state index in [2.05, 4.69) is 71.8 Å². The molecule has 0 radical (unpaired) electrons. The van der Waals surface area contributed by atoms with Gasteiger partial charge in [-0.15, -0.1) is 0 Å². The van der Waals surface area contributed by atoms with Gasteiger partial charge in [0.25, 0.3) is 5.91 Å². The molecule has 0 bridgehead atoms. The van der Waals surface area contributed by atoms with Gasteiger partial charge in [0.2, 0.25) is 0 Å². The van der Waals surface area contributed by atoms with Crippen LogP contribution >= 0.6 is 0 Å². The van der Waals surface area contributed by atoms with E-state index < -0.39 is 35.2 Å². The molecule has 3 N–H and O–H groups in total. The maximum absolute atomic E-state index is 14.0. The van der Waals surface area contributed by atoms with E-state index in [1.54, 1.807) is 34.1 Å². The van der Waals surface area contributed by atoms with Gasteiger partial charge in [0.05, 0.1) is 24.6 Å². The van der Waals surface area contributed by atoms with Crippen LogP contribution < -0.4 is 10.7 Å². The van der Waals surface area contributed by atoms with Gasteiger partial charge in [0, 0.05) is 69.1 Å². The number of methoxy groups -OCH3 is 2. The number of aliphatic hydroxyl groups is 1. The first-order valence-corrected chi connectivity index (χ1v) is 19.7. The lowest BCUT2D eigenvalue weighted by atomic mass is 9.84. The molecule has 1 fully saturated rings. The lowest BCUT2D eigenvalue weighted by Crippen LogP contribution is -2.62. The van der Waals surface area contributed by atoms with Crippen molar-refractivity contribution in [1.29, 1.82) is 0 Å². The van der Waals surface area contributed by atoms with Crippen LogP contribution in [-0.4, -0.2) is 115 Å². The number of rotatable bonds is 15. The van der Waals surface area contributed by atoms with Crippen LogP contribution in [0.2, 0.25) is 0 Å². The number of hydrazine groups is 1. The number of fused-ring (bicyclic) bond motifs is 1. The summed E-state index contributed by atoms with van der Waals surface area (Å²) in [6.07, 6.45) is 7.40. The van der Waals surface area contributed by atoms with Gasteiger partial charge in [-0.3, -0.25) is 24.5 Å². The van der Waals surface area contributed by atoms with Crippen LogP contribution in [-0.2, 0) is 36.8 Å². The number of carbonyl (C=O) groups excluding carboxylic acids is 3. The van der Waals surface area contributed by atoms with E-state index in [9.17, 15) is 19.5 Å². The molecule has 2 amide bonds. The monoisotopic (exact) mass is 776 g/mol. The Morgan fingerprint density at radius 1 is 1.16 bits per heavy atom. The predicted octanol–water partition coefficient (Wildman–Crippen LogP) is 5.90. The standard InChI is InChI=1S/C43H64N6O7/c1-12-31(37(44-13-2)28(4)54-10)38-33(24-43(8,9)27-50)32-23-29(19-20-36(32)48(38)14-3)30-17-15-21-47(25-30)26-35(45-41(53)56-42(5,6)7)39(51)49-22-16-18-34(46-49)40(52)55-11/h12-13,17,19-20,23,28,34-35,46,50H,1,14-16,18,21-22,24-27H2,2-11H3,(H,45,53)/b37-31+,44-13-/t28-,34-,35?/m0/s1. The van der Waals surface area contributed by atoms with Crippen molar-refractivity contribution >= 4 is 46.2 Å². The number of aromatic nitrogens is 1. The molecule has 308 valence electrons. The zero-order valence-corrected chi connectivity index (χ0v) is 35.2. The Balaban J connectivity index is 1.74. The number of hydrogen-bond donors (Lipinski definition) is 3. The molecule has 0 saturated carbocycles. The lowest BCUT2D eigenvalue weighted by Gasteiger charge is -2.37. The molecule has 2 aliphatic heterocycles. The number of allylic oxidation sites excluding steroid dienone is 2. The van der Waals surface area contributed by atoms with Crippen LogP contribution in [0.3, 0.4) is 0 Å². The molecule has 56 heavy (non-hydrogen) atoms. The normalized spacial score (nSPS) is 18.7. The van der Waals surface area contributed by atoms with Crippen molar-refractivity contribution in [2.45, 2.75) is 111 Å². The first-order chi connectivity index (χ1) is 26.5. The summed E-state index contributed by atoms with van der Waals surface area (Å²) in [5.74, 6) is -0.796. The number of carbonyl (C=O) groups is 3. The second kappa shape index (κ2) is 19.2. The number of aliphatic imine (C=N–C) groups is 1. The van der Waals surface area contributed by atoms with E-state index in [4.69, 9.17) is 19.2 Å². The van der Waals surface area contributed by atoms with Gasteiger partial charge in [-0.05, 0) is 101 Å². The third-order valence-corrected chi connectivity index (χ3v) is 10.3. The molecule has 3 atom stereocenters. The van der Waals surface area contributed by atoms with Gasteiger partial charge >= 0.3 is 12.1 Å². The largest absolute Gasteiger partial charge is 0.468 e. The zero-order chi connectivity index (χ0) is 41.4. The van der Waals surface area contributed by atoms with E-state index >= 15 is 0 Å². The minimum absolute atomic E-state index is 0.0140. The molecule has 13 nitrogen and oxygen atoms in total. The summed E-state index contributed by atoms with van der Waals surface area (Å²) >= 11 is 0. The van der Waals surface area contributed by atoms with E-state index in [0.29, 0.717) is 45.4 Å². The molecule has 2 aliphatic rings. The highest BCUT2D eigenvalue weighted by Gasteiger charge is 2.35. The Morgan fingerprint density at radius 3 is 2.50 bits per heavy atom. The van der Waals surface area contributed by atoms with E-state index in [1.807, 2.05) is 19.9 Å². The number of alkyl carbamates (subject to hydrolysis) is 1. The number of hydrogen-bond acceptors (Lipinski definition) is 10. The molecular formula is C43H64N6O7. The highest BCUT2D eigenvalue weighted by molar-refractivity contribution is 5.95. The van der Waals surface area contributed by atoms with Crippen LogP contribution in [0.5, 0.6) is 0 Å². The number of benzene rings is 1. The van der Waals surface area contributed by atoms with Crippen molar-refractivity contribution in [3.63, 3.8) is 0 Å². The number of nitrogens with one attached hydrogen (secondary N) is 2. The summed E-state index contributed by atoms with van der Waals surface area (Å²) in [5, 5.41) is 15.8. The summed E-state index contributed by atoms with van der Waals surface area (Å²) in [6.45, 7) is 22.2. The smallest absolute Gasteiger partial charge is 0.408 e. The summed E-state index contributed by atoms with van der Waals surface area (Å²) in [7, 11) is 3.00. The Bertz CT molecular complexity index is 1830. The lowest BCUT2D eigenvalue weighted by molar-refractivity contribution is -0.150. The molecule has 1 unspecified atom stereocenters. The fraction of sp³-hybridized carbons (Fsp3) is 0.581. The molecule has 1 saturated heterocycles. The van der Waals surface area contributed by atoms with Crippen LogP contribution in [0.15, 0.2) is 47.6 Å². The highest BCUT2D eigenvalue weighted by atomic mass is 16.6. The van der Waals surface area contributed by atoms with Gasteiger partial charge in [0.15, 0.2) is 0 Å². The molecule has 1 aromatic carbocycles. The maximum atomic E-state index is 14.0. The summed E-state index contributed by atoms with van der Waals surface area (Å²) in [4.78, 5) is 46.4. The Hall–Kier alpha value is -4.30. The van der Waals surface area contributed by atoms with Gasteiger partial charge < -0.3 is 29.2 Å². The first-order valence-electron chi connectivity index (χ1n) is 19.7. The van der Waals surface area contributed by atoms with Gasteiger partial charge in [-0.1, -0.05) is 38.6 Å². The minimum Gasteiger partial charge on any atom is -0.468 e. The fourth-order valence-corrected chi connectivity index (χ4v) is 7.45. The van der Waals surface area contributed by atoms with Crippen molar-refractivity contribution in [2.24, 2.45) is 10.4 Å². The minimum atomic E-state index is -0.942. The third kappa shape index (κ3) is 10.8. The molecule has 0 aliphatic carbocycles. The molecule has 1 aromatic heterocycles. The third-order valence-electron chi connectivity index (χ3n) is 10.3. The number of esters is 1. The summed E-state index contributed by atoms with van der Waals surface area (Å²) < 4.78 is 18.6. The van der Waals surface area contributed by atoms with Crippen LogP contribution in [0.25, 0.3) is 22.0 Å². The Kier molecular flexibility index (Phi) is 15.3. The SMILES string of the molecule is C=C/C(=C(\N=C/C)[C@H](C)OC)c1c(CC(C)(C)CO)c2cc(C3=CCCN(CC(NC(=O)OC(C)(C)C)C(=O)N4CCC[C@@H](C(=O)OC)N4)C3)ccc2n1CC. The second-order valence-corrected chi connectivity index (χ2v) is 16.4. The summed E-state index contributed by atoms with van der Waals surface area (Å²) in [6, 6.07) is 4.94. The summed E-state index contributed by atoms with van der Waals surface area (Å²) in [5.41, 5.74) is 8.84. The maximum Gasteiger partial charge on any atom is 0.408 e. The van der Waals surface area contributed by atoms with Crippen molar-refractivity contribution < 1.29 is 33.7 Å². The van der Waals surface area contributed by atoms with Gasteiger partial charge in [-0.2, -0.15) is 0 Å². The first kappa shape index (κ1) is 44.4. The molecular weight excluding hydrogens is 713 g/mol. The molecule has 0 spiro atoms. The number of nitrogens with zero attached hydrogens (tertiary/aromatic N) is 4. The van der Waals surface area contributed by atoms with Gasteiger partial charge in [0.1, 0.15) is 17.7 Å². The van der Waals surface area contributed by atoms with E-state index in [-0.39, 0.29) is 25.2 Å². The number of aliphatic hydroxyl groups excluding tert-OH is 1. The van der Waals surface area contributed by atoms with Gasteiger partial charge in [-0.25, -0.2) is 10.2 Å². The number of ether oxygens (including phenoxy) is 3. The molecule has 2 aromatic rings. The molecule has 4 rings (SSSR count). The number of amides is 2. The van der Waals surface area contributed by atoms with Crippen LogP contribution in [0.1, 0.15) is 91.5 Å². The average molecular weight is 777 g/mol. The van der Waals surface area contributed by atoms with Crippen molar-refractivity contribution in [3.05, 3.63) is 59.4 Å². The van der Waals surface area contributed by atoms with Crippen molar-refractivity contribution in [2.75, 3.05) is 47.0 Å². The Labute approximate surface area is 332 Å². The topological polar surface area (TPSA) is 147 Å². The second-order valence-electron chi connectivity index (χ2n) is 16.4. The zero-order valence-electron chi connectivity index (χ0n) is 35.2. The quantitative estimate of drug-likeness (QED) is 0.114. The highest BCUT2D eigenvalue weighted by Crippen LogP contribution is 2.39. The van der Waals surface area contributed by atoms with Crippen LogP contribution in [0.4, 0.5) is 4.79 Å². The van der Waals surface area contributed by atoms with Crippen molar-refractivity contribution in [1.82, 2.24) is 25.2 Å². The average Bonchev–Trinajstić information content (AvgIpc) is 3.47. The predicted molar refractivity (Wildman–Crippen MR) is 222 cm³/mol. The van der Waals surface area contributed by atoms with E-state index in [0.717, 1.165) is 51.0 Å². The Morgan fingerprint density at radius 2 is 1.89 bits per heavy atom.